The summed E-state index contributed by atoms with van der Waals surface area (Å²) in [5, 5.41) is 2.45. The average molecular weight is 762 g/mol. The van der Waals surface area contributed by atoms with Crippen molar-refractivity contribution in [2.24, 2.45) is 0 Å². The van der Waals surface area contributed by atoms with Gasteiger partial charge in [0, 0.05) is 16.8 Å². The highest BCUT2D eigenvalue weighted by Crippen LogP contribution is 2.42. The highest BCUT2D eigenvalue weighted by molar-refractivity contribution is 6.06. The molecule has 0 aliphatic heterocycles. The number of aryl methyl sites for hydroxylation is 6. The van der Waals surface area contributed by atoms with Crippen molar-refractivity contribution in [3.05, 3.63) is 243 Å². The zero-order valence-electron chi connectivity index (χ0n) is 34.7. The maximum absolute atomic E-state index is 2.47. The summed E-state index contributed by atoms with van der Waals surface area (Å²) in [6, 6.07) is 65.5. The highest BCUT2D eigenvalue weighted by Gasteiger charge is 2.20. The first kappa shape index (κ1) is 37.9. The van der Waals surface area contributed by atoms with Crippen molar-refractivity contribution >= 4 is 51.1 Å². The molecule has 8 aromatic rings. The fraction of sp³-hybridized carbons (Fsp3) is 0.138. The predicted molar refractivity (Wildman–Crippen MR) is 254 cm³/mol. The first-order valence-electron chi connectivity index (χ1n) is 21.1. The van der Waals surface area contributed by atoms with E-state index >= 15 is 0 Å². The molecular weight excluding hydrogens is 711 g/mol. The molecule has 8 aromatic carbocycles. The molecule has 1 aliphatic carbocycles. The molecule has 0 aromatic heterocycles. The number of rotatable bonds is 9. The number of anilines is 3. The molecular formula is C58H51N. The summed E-state index contributed by atoms with van der Waals surface area (Å²) >= 11 is 0. The number of hydrogen-bond acceptors (Lipinski definition) is 1. The zero-order chi connectivity index (χ0) is 40.3. The van der Waals surface area contributed by atoms with Crippen LogP contribution in [0, 0.1) is 27.7 Å². The highest BCUT2D eigenvalue weighted by atomic mass is 15.1. The second-order valence-electron chi connectivity index (χ2n) is 16.4. The summed E-state index contributed by atoms with van der Waals surface area (Å²) < 4.78 is 0. The van der Waals surface area contributed by atoms with Gasteiger partial charge in [0.05, 0.1) is 5.69 Å². The SMILES string of the molecule is Cc1ccc(C(=Cc2ccc(N(c3ccc4c(c3)CCCC4)c3ccc(C=C(c4ccc(C)cc4)c4ccc(C)cc4)c4ccccc34)cc2)c2ccc(C)cc2)cc1. The summed E-state index contributed by atoms with van der Waals surface area (Å²) in [6.45, 7) is 8.59. The van der Waals surface area contributed by atoms with Crippen molar-refractivity contribution in [2.45, 2.75) is 53.4 Å². The molecule has 1 nitrogen and oxygen atoms in total. The van der Waals surface area contributed by atoms with E-state index in [0.29, 0.717) is 0 Å². The molecule has 1 aliphatic rings. The molecule has 0 heterocycles. The predicted octanol–water partition coefficient (Wildman–Crippen LogP) is 15.6. The van der Waals surface area contributed by atoms with E-state index in [2.05, 4.69) is 221 Å². The monoisotopic (exact) mass is 761 g/mol. The van der Waals surface area contributed by atoms with Gasteiger partial charge in [-0.15, -0.1) is 0 Å². The van der Waals surface area contributed by atoms with Gasteiger partial charge in [0.25, 0.3) is 0 Å². The molecule has 0 bridgehead atoms. The van der Waals surface area contributed by atoms with E-state index in [-0.39, 0.29) is 0 Å². The van der Waals surface area contributed by atoms with Gasteiger partial charge in [0.15, 0.2) is 0 Å². The first-order valence-corrected chi connectivity index (χ1v) is 21.1. The van der Waals surface area contributed by atoms with Crippen molar-refractivity contribution < 1.29 is 0 Å². The lowest BCUT2D eigenvalue weighted by Gasteiger charge is -2.29. The fourth-order valence-corrected chi connectivity index (χ4v) is 8.55. The normalized spacial score (nSPS) is 12.1. The van der Waals surface area contributed by atoms with Gasteiger partial charge in [0.2, 0.25) is 0 Å². The summed E-state index contributed by atoms with van der Waals surface area (Å²) in [5.41, 5.74) is 21.2. The van der Waals surface area contributed by atoms with E-state index < -0.39 is 0 Å². The minimum Gasteiger partial charge on any atom is -0.310 e. The first-order chi connectivity index (χ1) is 28.9. The van der Waals surface area contributed by atoms with Gasteiger partial charge in [-0.2, -0.15) is 0 Å². The summed E-state index contributed by atoms with van der Waals surface area (Å²) in [4.78, 5) is 2.47. The Balaban J connectivity index is 1.18. The Hall–Kier alpha value is -6.70. The largest absolute Gasteiger partial charge is 0.310 e. The Morgan fingerprint density at radius 3 is 1.39 bits per heavy atom. The average Bonchev–Trinajstić information content (AvgIpc) is 3.27. The summed E-state index contributed by atoms with van der Waals surface area (Å²) in [7, 11) is 0. The van der Waals surface area contributed by atoms with E-state index in [4.69, 9.17) is 0 Å². The molecule has 0 unspecified atom stereocenters. The van der Waals surface area contributed by atoms with Gasteiger partial charge < -0.3 is 4.90 Å². The molecule has 0 saturated carbocycles. The topological polar surface area (TPSA) is 3.24 Å². The molecule has 1 heteroatoms. The van der Waals surface area contributed by atoms with Gasteiger partial charge in [0.1, 0.15) is 0 Å². The van der Waals surface area contributed by atoms with Crippen LogP contribution in [0.2, 0.25) is 0 Å². The van der Waals surface area contributed by atoms with Crippen LogP contribution >= 0.6 is 0 Å². The quantitative estimate of drug-likeness (QED) is 0.132. The smallest absolute Gasteiger partial charge is 0.0540 e. The Kier molecular flexibility index (Phi) is 10.7. The standard InChI is InChI=1S/C58H51N/c1-40-13-23-46(24-14-40)56(47-25-15-41(2)16-26-47)37-44-21-33-52(34-22-44)59(53-35-31-45-9-5-6-10-50(45)38-53)58-36-32-51(54-11-7-8-12-55(54)58)39-57(48-27-17-42(3)18-28-48)49-29-19-43(4)20-30-49/h7-8,11-39H,5-6,9-10H2,1-4H3. The van der Waals surface area contributed by atoms with Crippen molar-refractivity contribution in [1.82, 2.24) is 0 Å². The minimum absolute atomic E-state index is 1.13. The second-order valence-corrected chi connectivity index (χ2v) is 16.4. The number of fused-ring (bicyclic) bond motifs is 2. The molecule has 0 amide bonds. The molecule has 0 radical (unpaired) electrons. The third-order valence-corrected chi connectivity index (χ3v) is 12.0. The third-order valence-electron chi connectivity index (χ3n) is 12.0. The van der Waals surface area contributed by atoms with Crippen molar-refractivity contribution in [2.75, 3.05) is 4.90 Å². The van der Waals surface area contributed by atoms with Crippen LogP contribution < -0.4 is 4.90 Å². The van der Waals surface area contributed by atoms with Crippen LogP contribution in [-0.4, -0.2) is 0 Å². The third kappa shape index (κ3) is 8.20. The van der Waals surface area contributed by atoms with Crippen LogP contribution in [0.25, 0.3) is 34.1 Å². The fourth-order valence-electron chi connectivity index (χ4n) is 8.55. The summed E-state index contributed by atoms with van der Waals surface area (Å²) in [5.74, 6) is 0. The van der Waals surface area contributed by atoms with Gasteiger partial charge >= 0.3 is 0 Å². The van der Waals surface area contributed by atoms with Crippen molar-refractivity contribution in [3.63, 3.8) is 0 Å². The maximum Gasteiger partial charge on any atom is 0.0540 e. The van der Waals surface area contributed by atoms with Crippen molar-refractivity contribution in [1.29, 1.82) is 0 Å². The van der Waals surface area contributed by atoms with E-state index in [9.17, 15) is 0 Å². The van der Waals surface area contributed by atoms with Crippen LogP contribution in [-0.2, 0) is 12.8 Å². The Bertz CT molecular complexity index is 2700. The van der Waals surface area contributed by atoms with Crippen LogP contribution in [0.5, 0.6) is 0 Å². The van der Waals surface area contributed by atoms with Crippen LogP contribution in [0.15, 0.2) is 176 Å². The van der Waals surface area contributed by atoms with Crippen LogP contribution in [0.1, 0.15) is 79.6 Å². The van der Waals surface area contributed by atoms with Crippen molar-refractivity contribution in [3.8, 4) is 0 Å². The van der Waals surface area contributed by atoms with Crippen LogP contribution in [0.4, 0.5) is 17.1 Å². The zero-order valence-corrected chi connectivity index (χ0v) is 34.7. The molecule has 0 atom stereocenters. The number of benzene rings is 8. The van der Waals surface area contributed by atoms with Crippen LogP contribution in [0.3, 0.4) is 0 Å². The van der Waals surface area contributed by atoms with Gasteiger partial charge in [-0.1, -0.05) is 168 Å². The molecule has 59 heavy (non-hydrogen) atoms. The lowest BCUT2D eigenvalue weighted by molar-refractivity contribution is 0.685. The van der Waals surface area contributed by atoms with E-state index in [0.717, 1.165) is 18.5 Å². The van der Waals surface area contributed by atoms with E-state index in [1.54, 1.807) is 0 Å². The molecule has 0 spiro atoms. The number of hydrogen-bond donors (Lipinski definition) is 0. The summed E-state index contributed by atoms with van der Waals surface area (Å²) in [6.07, 6.45) is 9.52. The Morgan fingerprint density at radius 2 is 0.864 bits per heavy atom. The van der Waals surface area contributed by atoms with Gasteiger partial charge in [-0.25, -0.2) is 0 Å². The second kappa shape index (κ2) is 16.6. The maximum atomic E-state index is 2.47. The Morgan fingerprint density at radius 1 is 0.407 bits per heavy atom. The van der Waals surface area contributed by atoms with E-state index in [1.807, 2.05) is 0 Å². The molecule has 9 rings (SSSR count). The molecule has 0 saturated heterocycles. The Labute approximate surface area is 350 Å². The van der Waals surface area contributed by atoms with Gasteiger partial charge in [-0.05, 0) is 157 Å². The lowest BCUT2D eigenvalue weighted by atomic mass is 9.91. The molecule has 0 fully saturated rings. The number of nitrogens with zero attached hydrogens (tertiary/aromatic N) is 1. The minimum atomic E-state index is 1.13. The molecule has 288 valence electrons. The van der Waals surface area contributed by atoms with E-state index in [1.165, 1.54) is 113 Å². The molecule has 0 N–H and O–H groups in total. The van der Waals surface area contributed by atoms with Gasteiger partial charge in [-0.3, -0.25) is 0 Å². The lowest BCUT2D eigenvalue weighted by Crippen LogP contribution is -2.12.